The molecule has 0 spiro atoms. The molecule has 1 saturated heterocycles. The highest BCUT2D eigenvalue weighted by Gasteiger charge is 2.38. The van der Waals surface area contributed by atoms with Crippen LogP contribution in [0.4, 0.5) is 5.69 Å². The Morgan fingerprint density at radius 2 is 2.11 bits per heavy atom. The van der Waals surface area contributed by atoms with Crippen LogP contribution in [0.2, 0.25) is 0 Å². The number of carbonyl (C=O) groups excluding carboxylic acids is 1. The lowest BCUT2D eigenvalue weighted by Gasteiger charge is -2.41. The Morgan fingerprint density at radius 3 is 2.78 bits per heavy atom. The molecule has 1 aromatic heterocycles. The van der Waals surface area contributed by atoms with Crippen LogP contribution in [-0.4, -0.2) is 30.0 Å². The Hall–Kier alpha value is -2.43. The van der Waals surface area contributed by atoms with E-state index < -0.39 is 0 Å². The first kappa shape index (κ1) is 18.0. The molecule has 5 nitrogen and oxygen atoms in total. The van der Waals surface area contributed by atoms with Crippen LogP contribution >= 0.6 is 23.1 Å². The van der Waals surface area contributed by atoms with Gasteiger partial charge in [-0.1, -0.05) is 17.8 Å². The zero-order valence-corrected chi connectivity index (χ0v) is 16.6. The summed E-state index contributed by atoms with van der Waals surface area (Å²) in [5, 5.41) is 12.6. The maximum absolute atomic E-state index is 12.8. The van der Waals surface area contributed by atoms with Gasteiger partial charge in [0.15, 0.2) is 0 Å². The van der Waals surface area contributed by atoms with Crippen LogP contribution in [0.25, 0.3) is 0 Å². The number of amides is 1. The van der Waals surface area contributed by atoms with Gasteiger partial charge in [0.1, 0.15) is 5.75 Å². The fourth-order valence-corrected chi connectivity index (χ4v) is 5.38. The van der Waals surface area contributed by atoms with E-state index in [2.05, 4.69) is 11.0 Å². The third kappa shape index (κ3) is 3.43. The maximum Gasteiger partial charge on any atom is 0.229 e. The van der Waals surface area contributed by atoms with Crippen LogP contribution in [0.15, 0.2) is 52.4 Å². The fourth-order valence-electron chi connectivity index (χ4n) is 3.38. The van der Waals surface area contributed by atoms with Gasteiger partial charge in [0.05, 0.1) is 35.8 Å². The van der Waals surface area contributed by atoms with E-state index in [4.69, 9.17) is 4.74 Å². The molecule has 1 atom stereocenters. The lowest BCUT2D eigenvalue weighted by Crippen LogP contribution is -2.47. The number of hydrogen-bond acceptors (Lipinski definition) is 6. The molecule has 0 bridgehead atoms. The highest BCUT2D eigenvalue weighted by molar-refractivity contribution is 8.03. The monoisotopic (exact) mass is 397 g/mol. The summed E-state index contributed by atoms with van der Waals surface area (Å²) in [6.45, 7) is 3.07. The van der Waals surface area contributed by atoms with Crippen molar-refractivity contribution < 1.29 is 9.53 Å². The van der Waals surface area contributed by atoms with Crippen molar-refractivity contribution in [3.05, 3.63) is 57.3 Å². The van der Waals surface area contributed by atoms with Crippen LogP contribution in [0.5, 0.6) is 5.75 Å². The average Bonchev–Trinajstić information content (AvgIpc) is 3.23. The Bertz CT molecular complexity index is 900. The second-order valence-corrected chi connectivity index (χ2v) is 8.22. The number of allylic oxidation sites excluding steroid dienone is 1. The molecule has 0 radical (unpaired) electrons. The highest BCUT2D eigenvalue weighted by Crippen LogP contribution is 2.44. The summed E-state index contributed by atoms with van der Waals surface area (Å²) in [5.41, 5.74) is 1.75. The molecule has 4 rings (SSSR count). The predicted molar refractivity (Wildman–Crippen MR) is 109 cm³/mol. The van der Waals surface area contributed by atoms with Gasteiger partial charge in [-0.25, -0.2) is 0 Å². The molecule has 0 saturated carbocycles. The number of thiophene rings is 1. The van der Waals surface area contributed by atoms with Gasteiger partial charge in [-0.3, -0.25) is 9.69 Å². The van der Waals surface area contributed by atoms with Crippen molar-refractivity contribution in [1.29, 1.82) is 5.26 Å². The van der Waals surface area contributed by atoms with Gasteiger partial charge in [-0.2, -0.15) is 5.26 Å². The third-order valence-electron chi connectivity index (χ3n) is 4.69. The molecule has 1 aromatic carbocycles. The van der Waals surface area contributed by atoms with Crippen molar-refractivity contribution in [2.75, 3.05) is 24.1 Å². The number of anilines is 1. The first-order chi connectivity index (χ1) is 13.2. The fraction of sp³-hybridized carbons (Fsp3) is 0.300. The number of fused-ring (bicyclic) bond motifs is 1. The van der Waals surface area contributed by atoms with Crippen LogP contribution in [0.3, 0.4) is 0 Å². The third-order valence-corrected chi connectivity index (χ3v) is 6.83. The Balaban J connectivity index is 1.59. The summed E-state index contributed by atoms with van der Waals surface area (Å²) in [6, 6.07) is 14.3. The SMILES string of the molecule is CCOc1ccc(N2CSC3=C(C#N)[C@@H](c4cccs4)CC(=O)N3C2)cc1. The number of hydrogen-bond donors (Lipinski definition) is 0. The van der Waals surface area contributed by atoms with Gasteiger partial charge in [0.25, 0.3) is 0 Å². The zero-order chi connectivity index (χ0) is 18.8. The van der Waals surface area contributed by atoms with Gasteiger partial charge in [0.2, 0.25) is 5.91 Å². The number of nitriles is 1. The minimum atomic E-state index is -0.113. The maximum atomic E-state index is 12.8. The summed E-state index contributed by atoms with van der Waals surface area (Å²) in [7, 11) is 0. The molecule has 3 heterocycles. The van der Waals surface area contributed by atoms with Crippen molar-refractivity contribution in [3.8, 4) is 11.8 Å². The van der Waals surface area contributed by atoms with Crippen LogP contribution in [0, 0.1) is 11.3 Å². The van der Waals surface area contributed by atoms with Crippen molar-refractivity contribution in [1.82, 2.24) is 4.90 Å². The van der Waals surface area contributed by atoms with Crippen LogP contribution in [0.1, 0.15) is 24.1 Å². The molecule has 2 aromatic rings. The number of thioether (sulfide) groups is 1. The average molecular weight is 398 g/mol. The number of benzene rings is 1. The highest BCUT2D eigenvalue weighted by atomic mass is 32.2. The standard InChI is InChI=1S/C20H19N3O2S2/c1-2-25-15-7-5-14(6-8-15)22-12-23-19(24)10-16(18-4-3-9-26-18)17(11-21)20(23)27-13-22/h3-9,16H,2,10,12-13H2,1H3/t16-/m0/s1. The van der Waals surface area contributed by atoms with E-state index in [1.54, 1.807) is 28.0 Å². The number of rotatable bonds is 4. The second kappa shape index (κ2) is 7.67. The van der Waals surface area contributed by atoms with Gasteiger partial charge in [0, 0.05) is 22.9 Å². The molecular weight excluding hydrogens is 378 g/mol. The molecule has 1 amide bonds. The normalized spacial score (nSPS) is 19.7. The molecule has 1 fully saturated rings. The minimum absolute atomic E-state index is 0.0746. The number of nitrogens with zero attached hydrogens (tertiary/aromatic N) is 3. The van der Waals surface area contributed by atoms with Gasteiger partial charge < -0.3 is 9.64 Å². The molecule has 0 aliphatic carbocycles. The van der Waals surface area contributed by atoms with E-state index >= 15 is 0 Å². The van der Waals surface area contributed by atoms with E-state index in [1.807, 2.05) is 48.7 Å². The summed E-state index contributed by atoms with van der Waals surface area (Å²) < 4.78 is 5.50. The molecule has 2 aliphatic rings. The second-order valence-electron chi connectivity index (χ2n) is 6.31. The van der Waals surface area contributed by atoms with Gasteiger partial charge in [-0.05, 0) is 42.6 Å². The first-order valence-electron chi connectivity index (χ1n) is 8.80. The molecule has 0 N–H and O–H groups in total. The van der Waals surface area contributed by atoms with Crippen LogP contribution in [-0.2, 0) is 4.79 Å². The zero-order valence-electron chi connectivity index (χ0n) is 14.9. The summed E-state index contributed by atoms with van der Waals surface area (Å²) in [4.78, 5) is 17.8. The topological polar surface area (TPSA) is 56.6 Å². The lowest BCUT2D eigenvalue weighted by molar-refractivity contribution is -0.129. The molecule has 2 aliphatic heterocycles. The van der Waals surface area contributed by atoms with E-state index in [-0.39, 0.29) is 11.8 Å². The quantitative estimate of drug-likeness (QED) is 0.767. The van der Waals surface area contributed by atoms with E-state index in [1.165, 1.54) is 0 Å². The van der Waals surface area contributed by atoms with Crippen molar-refractivity contribution >= 4 is 34.7 Å². The van der Waals surface area contributed by atoms with E-state index in [0.717, 1.165) is 21.3 Å². The molecule has 138 valence electrons. The largest absolute Gasteiger partial charge is 0.494 e. The van der Waals surface area contributed by atoms with E-state index in [9.17, 15) is 10.1 Å². The number of carbonyl (C=O) groups is 1. The molecule has 7 heteroatoms. The van der Waals surface area contributed by atoms with Gasteiger partial charge >= 0.3 is 0 Å². The lowest BCUT2D eigenvalue weighted by atomic mass is 9.92. The van der Waals surface area contributed by atoms with E-state index in [0.29, 0.717) is 31.1 Å². The first-order valence-corrected chi connectivity index (χ1v) is 10.7. The summed E-state index contributed by atoms with van der Waals surface area (Å²) in [6.07, 6.45) is 0.352. The Morgan fingerprint density at radius 1 is 1.30 bits per heavy atom. The molecular formula is C20H19N3O2S2. The smallest absolute Gasteiger partial charge is 0.229 e. The Kier molecular flexibility index (Phi) is 5.10. The Labute approximate surface area is 166 Å². The van der Waals surface area contributed by atoms with Crippen molar-refractivity contribution in [3.63, 3.8) is 0 Å². The summed E-state index contributed by atoms with van der Waals surface area (Å²) >= 11 is 3.17. The minimum Gasteiger partial charge on any atom is -0.494 e. The summed E-state index contributed by atoms with van der Waals surface area (Å²) in [5.74, 6) is 1.50. The van der Waals surface area contributed by atoms with Crippen molar-refractivity contribution in [2.45, 2.75) is 19.3 Å². The number of ether oxygens (including phenoxy) is 1. The van der Waals surface area contributed by atoms with Gasteiger partial charge in [-0.15, -0.1) is 11.3 Å². The predicted octanol–water partition coefficient (Wildman–Crippen LogP) is 4.37. The molecule has 27 heavy (non-hydrogen) atoms. The van der Waals surface area contributed by atoms with Crippen molar-refractivity contribution in [2.24, 2.45) is 0 Å². The molecule has 0 unspecified atom stereocenters. The van der Waals surface area contributed by atoms with Crippen LogP contribution < -0.4 is 9.64 Å².